The lowest BCUT2D eigenvalue weighted by atomic mass is 10.2. The molecular formula is C24H24O6. The quantitative estimate of drug-likeness (QED) is 0.366. The van der Waals surface area contributed by atoms with E-state index in [0.29, 0.717) is 47.0 Å². The van der Waals surface area contributed by atoms with Gasteiger partial charge >= 0.3 is 5.97 Å². The van der Waals surface area contributed by atoms with Crippen LogP contribution in [0.2, 0.25) is 0 Å². The highest BCUT2D eigenvalue weighted by molar-refractivity contribution is 5.89. The van der Waals surface area contributed by atoms with Gasteiger partial charge in [-0.25, -0.2) is 4.79 Å². The second kappa shape index (κ2) is 9.31. The van der Waals surface area contributed by atoms with Crippen LogP contribution in [0.3, 0.4) is 0 Å². The molecule has 0 N–H and O–H groups in total. The molecule has 0 saturated heterocycles. The van der Waals surface area contributed by atoms with Gasteiger partial charge in [0, 0.05) is 6.07 Å². The molecule has 30 heavy (non-hydrogen) atoms. The molecule has 0 fully saturated rings. The van der Waals surface area contributed by atoms with Crippen molar-refractivity contribution in [3.8, 4) is 17.2 Å². The molecule has 0 bridgehead atoms. The summed E-state index contributed by atoms with van der Waals surface area (Å²) in [6.07, 6.45) is 0.755. The van der Waals surface area contributed by atoms with E-state index in [1.165, 1.54) is 0 Å². The van der Waals surface area contributed by atoms with Crippen LogP contribution in [-0.2, 0) is 4.74 Å². The normalized spacial score (nSPS) is 10.6. The summed E-state index contributed by atoms with van der Waals surface area (Å²) in [7, 11) is 0. The fraction of sp³-hybridized carbons (Fsp3) is 0.250. The van der Waals surface area contributed by atoms with E-state index >= 15 is 0 Å². The number of carbonyl (C=O) groups is 1. The number of rotatable bonds is 8. The zero-order valence-electron chi connectivity index (χ0n) is 17.3. The number of fused-ring (bicyclic) bond motifs is 1. The van der Waals surface area contributed by atoms with Crippen molar-refractivity contribution in [2.75, 3.05) is 13.2 Å². The molecule has 3 rings (SSSR count). The van der Waals surface area contributed by atoms with Gasteiger partial charge < -0.3 is 18.6 Å². The van der Waals surface area contributed by atoms with Gasteiger partial charge in [-0.05, 0) is 62.2 Å². The van der Waals surface area contributed by atoms with Crippen molar-refractivity contribution in [3.63, 3.8) is 0 Å². The maximum absolute atomic E-state index is 12.9. The zero-order valence-corrected chi connectivity index (χ0v) is 17.3. The predicted octanol–water partition coefficient (Wildman–Crippen LogP) is 5.42. The Morgan fingerprint density at radius 3 is 2.47 bits per heavy atom. The third kappa shape index (κ3) is 4.89. The predicted molar refractivity (Wildman–Crippen MR) is 115 cm³/mol. The van der Waals surface area contributed by atoms with Gasteiger partial charge in [-0.3, -0.25) is 4.79 Å². The number of benzene rings is 2. The molecular weight excluding hydrogens is 384 g/mol. The van der Waals surface area contributed by atoms with Gasteiger partial charge in [-0.15, -0.1) is 0 Å². The van der Waals surface area contributed by atoms with Crippen LogP contribution < -0.4 is 14.9 Å². The molecule has 0 radical (unpaired) electrons. The van der Waals surface area contributed by atoms with Crippen LogP contribution >= 0.6 is 0 Å². The average Bonchev–Trinajstić information content (AvgIpc) is 2.73. The molecule has 0 aliphatic heterocycles. The van der Waals surface area contributed by atoms with Crippen molar-refractivity contribution >= 4 is 16.9 Å². The van der Waals surface area contributed by atoms with Crippen molar-refractivity contribution in [1.29, 1.82) is 0 Å². The van der Waals surface area contributed by atoms with Crippen LogP contribution in [0.4, 0.5) is 0 Å². The minimum absolute atomic E-state index is 0.0967. The summed E-state index contributed by atoms with van der Waals surface area (Å²) in [4.78, 5) is 24.8. The van der Waals surface area contributed by atoms with E-state index in [0.717, 1.165) is 12.0 Å². The van der Waals surface area contributed by atoms with Crippen molar-refractivity contribution in [2.24, 2.45) is 0 Å². The van der Waals surface area contributed by atoms with Crippen LogP contribution in [0, 0.1) is 6.92 Å². The third-order valence-electron chi connectivity index (χ3n) is 4.22. The van der Waals surface area contributed by atoms with E-state index in [-0.39, 0.29) is 11.2 Å². The second-order valence-electron chi connectivity index (χ2n) is 6.98. The summed E-state index contributed by atoms with van der Waals surface area (Å²) < 4.78 is 22.3. The van der Waals surface area contributed by atoms with Crippen LogP contribution in [0.25, 0.3) is 11.0 Å². The Kier molecular flexibility index (Phi) is 6.57. The first-order valence-corrected chi connectivity index (χ1v) is 9.68. The highest BCUT2D eigenvalue weighted by atomic mass is 16.5. The molecule has 6 heteroatoms. The molecule has 3 aromatic rings. The zero-order chi connectivity index (χ0) is 21.7. The summed E-state index contributed by atoms with van der Waals surface area (Å²) in [5, 5.41) is 0.387. The number of hydrogen-bond acceptors (Lipinski definition) is 6. The molecule has 0 spiro atoms. The molecule has 0 aliphatic carbocycles. The number of hydrogen-bond donors (Lipinski definition) is 0. The van der Waals surface area contributed by atoms with E-state index in [4.69, 9.17) is 18.6 Å². The highest BCUT2D eigenvalue weighted by Crippen LogP contribution is 2.27. The van der Waals surface area contributed by atoms with Crippen LogP contribution in [-0.4, -0.2) is 19.2 Å². The molecule has 2 aromatic carbocycles. The fourth-order valence-corrected chi connectivity index (χ4v) is 2.74. The first-order chi connectivity index (χ1) is 14.4. The Morgan fingerprint density at radius 1 is 1.10 bits per heavy atom. The topological polar surface area (TPSA) is 75.0 Å². The summed E-state index contributed by atoms with van der Waals surface area (Å²) >= 11 is 0. The van der Waals surface area contributed by atoms with Crippen molar-refractivity contribution < 1.29 is 23.4 Å². The van der Waals surface area contributed by atoms with E-state index in [9.17, 15) is 9.59 Å². The molecule has 0 atom stereocenters. The van der Waals surface area contributed by atoms with Crippen LogP contribution in [0.1, 0.15) is 36.4 Å². The van der Waals surface area contributed by atoms with Gasteiger partial charge in [0.1, 0.15) is 29.4 Å². The summed E-state index contributed by atoms with van der Waals surface area (Å²) in [6.45, 7) is 10.0. The minimum atomic E-state index is -0.394. The van der Waals surface area contributed by atoms with E-state index < -0.39 is 5.97 Å². The SMILES string of the molecule is C=C(C)COc1ccc2c(=O)c(Oc3ccc(C(=O)OCCC)cc3)c(C)oc2c1. The number of aryl methyl sites for hydroxylation is 1. The summed E-state index contributed by atoms with van der Waals surface area (Å²) in [5.74, 6) is 1.05. The second-order valence-corrected chi connectivity index (χ2v) is 6.98. The standard InChI is InChI=1S/C24H24O6/c1-5-12-27-24(26)17-6-8-18(9-7-17)30-23-16(4)29-21-13-19(28-14-15(2)3)10-11-20(21)22(23)25/h6-11,13H,2,5,12,14H2,1,3-4H3. The molecule has 6 nitrogen and oxygen atoms in total. The number of esters is 1. The Hall–Kier alpha value is -3.54. The Morgan fingerprint density at radius 2 is 1.80 bits per heavy atom. The first kappa shape index (κ1) is 21.2. The molecule has 1 aromatic heterocycles. The lowest BCUT2D eigenvalue weighted by Gasteiger charge is -2.11. The van der Waals surface area contributed by atoms with E-state index in [2.05, 4.69) is 6.58 Å². The van der Waals surface area contributed by atoms with Gasteiger partial charge in [0.2, 0.25) is 11.2 Å². The fourth-order valence-electron chi connectivity index (χ4n) is 2.74. The van der Waals surface area contributed by atoms with E-state index in [1.807, 2.05) is 13.8 Å². The monoisotopic (exact) mass is 408 g/mol. The Balaban J connectivity index is 1.84. The van der Waals surface area contributed by atoms with Gasteiger partial charge in [0.15, 0.2) is 0 Å². The van der Waals surface area contributed by atoms with Gasteiger partial charge in [-0.2, -0.15) is 0 Å². The Bertz CT molecular complexity index is 1120. The lowest BCUT2D eigenvalue weighted by molar-refractivity contribution is 0.0505. The van der Waals surface area contributed by atoms with E-state index in [1.54, 1.807) is 49.4 Å². The van der Waals surface area contributed by atoms with Crippen molar-refractivity contribution in [3.05, 3.63) is 76.2 Å². The maximum atomic E-state index is 12.9. The average molecular weight is 408 g/mol. The number of ether oxygens (including phenoxy) is 3. The summed E-state index contributed by atoms with van der Waals surface area (Å²) in [5.41, 5.74) is 1.44. The summed E-state index contributed by atoms with van der Waals surface area (Å²) in [6, 6.07) is 11.4. The highest BCUT2D eigenvalue weighted by Gasteiger charge is 2.15. The van der Waals surface area contributed by atoms with Gasteiger partial charge in [-0.1, -0.05) is 13.5 Å². The van der Waals surface area contributed by atoms with Gasteiger partial charge in [0.05, 0.1) is 17.6 Å². The lowest BCUT2D eigenvalue weighted by Crippen LogP contribution is -2.08. The Labute approximate surface area is 174 Å². The molecule has 1 heterocycles. The number of carbonyl (C=O) groups excluding carboxylic acids is 1. The van der Waals surface area contributed by atoms with Crippen molar-refractivity contribution in [1.82, 2.24) is 0 Å². The molecule has 156 valence electrons. The largest absolute Gasteiger partial charge is 0.489 e. The minimum Gasteiger partial charge on any atom is -0.489 e. The van der Waals surface area contributed by atoms with Gasteiger partial charge in [0.25, 0.3) is 0 Å². The third-order valence-corrected chi connectivity index (χ3v) is 4.22. The molecule has 0 saturated carbocycles. The van der Waals surface area contributed by atoms with Crippen molar-refractivity contribution in [2.45, 2.75) is 27.2 Å². The molecule has 0 amide bonds. The van der Waals surface area contributed by atoms with Crippen LogP contribution in [0.5, 0.6) is 17.2 Å². The van der Waals surface area contributed by atoms with Crippen LogP contribution in [0.15, 0.2) is 63.8 Å². The first-order valence-electron chi connectivity index (χ1n) is 9.68. The molecule has 0 unspecified atom stereocenters. The smallest absolute Gasteiger partial charge is 0.338 e. The molecule has 0 aliphatic rings. The maximum Gasteiger partial charge on any atom is 0.338 e.